The molecule has 0 amide bonds. The first kappa shape index (κ1) is 14.6. The third-order valence-corrected chi connectivity index (χ3v) is 3.99. The zero-order chi connectivity index (χ0) is 14.0. The van der Waals surface area contributed by atoms with Crippen LogP contribution in [-0.2, 0) is 4.74 Å². The lowest BCUT2D eigenvalue weighted by Crippen LogP contribution is -2.49. The molecular weight excluding hydrogens is 280 g/mol. The smallest absolute Gasteiger partial charge is 0.173 e. The molecule has 0 saturated carbocycles. The molecule has 19 heavy (non-hydrogen) atoms. The van der Waals surface area contributed by atoms with Crippen molar-refractivity contribution < 1.29 is 4.74 Å². The molecule has 1 heterocycles. The molecule has 1 saturated heterocycles. The number of halogens is 1. The maximum Gasteiger partial charge on any atom is 0.173 e. The van der Waals surface area contributed by atoms with Crippen LogP contribution in [0, 0.1) is 6.92 Å². The molecule has 0 radical (unpaired) electrons. The monoisotopic (exact) mass is 298 g/mol. The number of nitrogens with zero attached hydrogens (tertiary/aromatic N) is 1. The van der Waals surface area contributed by atoms with Crippen LogP contribution < -0.4 is 5.32 Å². The number of thiocarbonyl (C=S) groups is 1. The zero-order valence-corrected chi connectivity index (χ0v) is 13.0. The van der Waals surface area contributed by atoms with Gasteiger partial charge in [-0.05, 0) is 50.7 Å². The molecule has 1 aromatic rings. The Bertz CT molecular complexity index is 471. The Morgan fingerprint density at radius 1 is 1.37 bits per heavy atom. The van der Waals surface area contributed by atoms with Crippen molar-refractivity contribution in [2.45, 2.75) is 33.0 Å². The Morgan fingerprint density at radius 2 is 2.00 bits per heavy atom. The molecule has 5 heteroatoms. The van der Waals surface area contributed by atoms with Crippen molar-refractivity contribution in [3.63, 3.8) is 0 Å². The second-order valence-corrected chi connectivity index (χ2v) is 5.80. The van der Waals surface area contributed by atoms with E-state index in [-0.39, 0.29) is 12.2 Å². The summed E-state index contributed by atoms with van der Waals surface area (Å²) < 4.78 is 5.71. The average molecular weight is 299 g/mol. The van der Waals surface area contributed by atoms with E-state index in [0.717, 1.165) is 34.5 Å². The number of ether oxygens (including phenoxy) is 1. The number of anilines is 1. The van der Waals surface area contributed by atoms with Crippen molar-refractivity contribution in [3.05, 3.63) is 28.8 Å². The van der Waals surface area contributed by atoms with Gasteiger partial charge in [-0.1, -0.05) is 17.7 Å². The average Bonchev–Trinajstić information content (AvgIpc) is 2.33. The summed E-state index contributed by atoms with van der Waals surface area (Å²) in [6.07, 6.45) is 0.396. The minimum Gasteiger partial charge on any atom is -0.372 e. The zero-order valence-electron chi connectivity index (χ0n) is 11.4. The van der Waals surface area contributed by atoms with E-state index < -0.39 is 0 Å². The van der Waals surface area contributed by atoms with Crippen LogP contribution >= 0.6 is 23.8 Å². The van der Waals surface area contributed by atoms with Gasteiger partial charge in [0.2, 0.25) is 0 Å². The summed E-state index contributed by atoms with van der Waals surface area (Å²) in [6.45, 7) is 7.75. The summed E-state index contributed by atoms with van der Waals surface area (Å²) in [5.41, 5.74) is 1.98. The van der Waals surface area contributed by atoms with Gasteiger partial charge in [0.25, 0.3) is 0 Å². The summed E-state index contributed by atoms with van der Waals surface area (Å²) in [5.74, 6) is 0. The number of nitrogens with one attached hydrogen (secondary N) is 1. The minimum absolute atomic E-state index is 0.198. The Kier molecular flexibility index (Phi) is 4.66. The lowest BCUT2D eigenvalue weighted by atomic mass is 10.2. The summed E-state index contributed by atoms with van der Waals surface area (Å²) in [5, 5.41) is 4.76. The fourth-order valence-corrected chi connectivity index (χ4v) is 2.71. The van der Waals surface area contributed by atoms with Crippen LogP contribution in [0.2, 0.25) is 5.02 Å². The molecule has 1 fully saturated rings. The van der Waals surface area contributed by atoms with Gasteiger partial charge >= 0.3 is 0 Å². The SMILES string of the molecule is Cc1c(Cl)cccc1NC(=S)N1CC(C)OC(C)C1. The first-order valence-electron chi connectivity index (χ1n) is 6.44. The summed E-state index contributed by atoms with van der Waals surface area (Å²) in [7, 11) is 0. The van der Waals surface area contributed by atoms with Gasteiger partial charge in [-0.2, -0.15) is 0 Å². The van der Waals surface area contributed by atoms with Crippen molar-refractivity contribution in [2.24, 2.45) is 0 Å². The minimum atomic E-state index is 0.198. The molecule has 1 N–H and O–H groups in total. The van der Waals surface area contributed by atoms with E-state index >= 15 is 0 Å². The van der Waals surface area contributed by atoms with E-state index in [1.165, 1.54) is 0 Å². The van der Waals surface area contributed by atoms with Crippen molar-refractivity contribution in [1.82, 2.24) is 4.90 Å². The highest BCUT2D eigenvalue weighted by atomic mass is 35.5. The molecule has 1 aromatic carbocycles. The highest BCUT2D eigenvalue weighted by Crippen LogP contribution is 2.23. The maximum atomic E-state index is 6.11. The highest BCUT2D eigenvalue weighted by Gasteiger charge is 2.24. The molecule has 0 spiro atoms. The van der Waals surface area contributed by atoms with Gasteiger partial charge in [0.15, 0.2) is 5.11 Å². The lowest BCUT2D eigenvalue weighted by molar-refractivity contribution is -0.0473. The van der Waals surface area contributed by atoms with E-state index in [4.69, 9.17) is 28.6 Å². The molecular formula is C14H19ClN2OS. The van der Waals surface area contributed by atoms with E-state index in [2.05, 4.69) is 24.1 Å². The van der Waals surface area contributed by atoms with Gasteiger partial charge in [0, 0.05) is 23.8 Å². The number of benzene rings is 1. The fraction of sp³-hybridized carbons (Fsp3) is 0.500. The molecule has 0 bridgehead atoms. The first-order chi connectivity index (χ1) is 8.97. The molecule has 104 valence electrons. The van der Waals surface area contributed by atoms with Crippen LogP contribution in [0.25, 0.3) is 0 Å². The second-order valence-electron chi connectivity index (χ2n) is 5.00. The largest absolute Gasteiger partial charge is 0.372 e. The van der Waals surface area contributed by atoms with Gasteiger partial charge in [-0.3, -0.25) is 0 Å². The van der Waals surface area contributed by atoms with E-state index in [1.54, 1.807) is 0 Å². The molecule has 0 aliphatic carbocycles. The molecule has 1 aliphatic rings. The van der Waals surface area contributed by atoms with Crippen LogP contribution in [-0.4, -0.2) is 35.3 Å². The van der Waals surface area contributed by atoms with Crippen LogP contribution in [0.3, 0.4) is 0 Å². The summed E-state index contributed by atoms with van der Waals surface area (Å²) in [6, 6.07) is 5.79. The first-order valence-corrected chi connectivity index (χ1v) is 7.22. The van der Waals surface area contributed by atoms with Gasteiger partial charge in [0.05, 0.1) is 12.2 Å². The standard InChI is InChI=1S/C14H19ClN2OS/c1-9-7-17(8-10(2)18-9)14(19)16-13-6-4-5-12(15)11(13)3/h4-6,9-10H,7-8H2,1-3H3,(H,16,19). The summed E-state index contributed by atoms with van der Waals surface area (Å²) in [4.78, 5) is 2.15. The number of hydrogen-bond donors (Lipinski definition) is 1. The Labute approximate surface area is 124 Å². The quantitative estimate of drug-likeness (QED) is 0.803. The topological polar surface area (TPSA) is 24.5 Å². The van der Waals surface area contributed by atoms with Gasteiger partial charge in [-0.15, -0.1) is 0 Å². The molecule has 0 aromatic heterocycles. The van der Waals surface area contributed by atoms with Crippen molar-refractivity contribution in [1.29, 1.82) is 0 Å². The van der Waals surface area contributed by atoms with Gasteiger partial charge < -0.3 is 15.0 Å². The van der Waals surface area contributed by atoms with E-state index in [9.17, 15) is 0 Å². The number of rotatable bonds is 1. The predicted molar refractivity (Wildman–Crippen MR) is 84.0 cm³/mol. The third-order valence-electron chi connectivity index (χ3n) is 3.22. The Hall–Kier alpha value is -0.840. The van der Waals surface area contributed by atoms with Crippen molar-refractivity contribution in [2.75, 3.05) is 18.4 Å². The second kappa shape index (κ2) is 6.07. The summed E-state index contributed by atoms with van der Waals surface area (Å²) >= 11 is 11.6. The van der Waals surface area contributed by atoms with Crippen molar-refractivity contribution >= 4 is 34.6 Å². The molecule has 3 nitrogen and oxygen atoms in total. The van der Waals surface area contributed by atoms with Gasteiger partial charge in [-0.25, -0.2) is 0 Å². The maximum absolute atomic E-state index is 6.11. The fourth-order valence-electron chi connectivity index (χ4n) is 2.28. The third kappa shape index (κ3) is 3.59. The number of morpholine rings is 1. The van der Waals surface area contributed by atoms with E-state index in [1.807, 2.05) is 25.1 Å². The van der Waals surface area contributed by atoms with Crippen LogP contribution in [0.15, 0.2) is 18.2 Å². The van der Waals surface area contributed by atoms with E-state index in [0.29, 0.717) is 0 Å². The van der Waals surface area contributed by atoms with Gasteiger partial charge in [0.1, 0.15) is 0 Å². The van der Waals surface area contributed by atoms with Crippen molar-refractivity contribution in [3.8, 4) is 0 Å². The molecule has 1 aliphatic heterocycles. The highest BCUT2D eigenvalue weighted by molar-refractivity contribution is 7.80. The Morgan fingerprint density at radius 3 is 2.63 bits per heavy atom. The normalized spacial score (nSPS) is 23.3. The molecule has 2 rings (SSSR count). The molecule has 2 atom stereocenters. The number of hydrogen-bond acceptors (Lipinski definition) is 2. The van der Waals surface area contributed by atoms with Crippen LogP contribution in [0.1, 0.15) is 19.4 Å². The molecule has 2 unspecified atom stereocenters. The Balaban J connectivity index is 2.06. The van der Waals surface area contributed by atoms with Crippen LogP contribution in [0.5, 0.6) is 0 Å². The lowest BCUT2D eigenvalue weighted by Gasteiger charge is -2.37. The van der Waals surface area contributed by atoms with Crippen LogP contribution in [0.4, 0.5) is 5.69 Å². The predicted octanol–water partition coefficient (Wildman–Crippen LogP) is 3.45.